The Bertz CT molecular complexity index is 229. The van der Waals surface area contributed by atoms with Crippen LogP contribution in [-0.4, -0.2) is 23.0 Å². The molecule has 0 amide bonds. The number of methoxy groups -OCH3 is 1. The number of nitrogens with zero attached hydrogens (tertiary/aromatic N) is 2. The third-order valence-electron chi connectivity index (χ3n) is 1.26. The quantitative estimate of drug-likeness (QED) is 0.644. The molecule has 1 aromatic rings. The maximum atomic E-state index is 5.54. The zero-order chi connectivity index (χ0) is 8.10. The van der Waals surface area contributed by atoms with Crippen LogP contribution in [0.4, 0.5) is 0 Å². The minimum Gasteiger partial charge on any atom is -0.480 e. The number of alkyl halides is 1. The zero-order valence-electron chi connectivity index (χ0n) is 6.25. The fourth-order valence-electron chi connectivity index (χ4n) is 0.786. The molecule has 60 valence electrons. The summed E-state index contributed by atoms with van der Waals surface area (Å²) in [5.41, 5.74) is 0.810. The maximum Gasteiger partial charge on any atom is 0.235 e. The van der Waals surface area contributed by atoms with E-state index in [9.17, 15) is 0 Å². The summed E-state index contributed by atoms with van der Waals surface area (Å²) in [6.07, 6.45) is 3.92. The van der Waals surface area contributed by atoms with E-state index in [0.29, 0.717) is 18.2 Å². The summed E-state index contributed by atoms with van der Waals surface area (Å²) < 4.78 is 4.97. The number of halogens is 1. The first-order chi connectivity index (χ1) is 5.38. The van der Waals surface area contributed by atoms with Crippen molar-refractivity contribution in [1.82, 2.24) is 9.97 Å². The van der Waals surface area contributed by atoms with Gasteiger partial charge >= 0.3 is 0 Å². The van der Waals surface area contributed by atoms with Gasteiger partial charge in [0.25, 0.3) is 0 Å². The summed E-state index contributed by atoms with van der Waals surface area (Å²) in [6, 6.07) is 0. The average molecular weight is 173 g/mol. The largest absolute Gasteiger partial charge is 0.480 e. The van der Waals surface area contributed by atoms with Crippen LogP contribution >= 0.6 is 11.6 Å². The molecule has 0 aliphatic heterocycles. The number of aryl methyl sites for hydroxylation is 1. The summed E-state index contributed by atoms with van der Waals surface area (Å²) in [5.74, 6) is 1.10. The SMILES string of the molecule is COc1nccnc1CCCl. The van der Waals surface area contributed by atoms with Gasteiger partial charge in [0.05, 0.1) is 7.11 Å². The number of rotatable bonds is 3. The lowest BCUT2D eigenvalue weighted by molar-refractivity contribution is 0.390. The van der Waals surface area contributed by atoms with Gasteiger partial charge in [-0.3, -0.25) is 4.98 Å². The number of hydrogen-bond donors (Lipinski definition) is 0. The van der Waals surface area contributed by atoms with E-state index in [1.807, 2.05) is 0 Å². The highest BCUT2D eigenvalue weighted by Crippen LogP contribution is 2.10. The Labute approximate surface area is 70.4 Å². The van der Waals surface area contributed by atoms with Crippen LogP contribution in [-0.2, 0) is 6.42 Å². The van der Waals surface area contributed by atoms with Gasteiger partial charge in [0.1, 0.15) is 5.69 Å². The van der Waals surface area contributed by atoms with Crippen molar-refractivity contribution in [2.45, 2.75) is 6.42 Å². The van der Waals surface area contributed by atoms with Crippen molar-refractivity contribution in [2.75, 3.05) is 13.0 Å². The molecule has 0 radical (unpaired) electrons. The highest BCUT2D eigenvalue weighted by molar-refractivity contribution is 6.17. The molecule has 0 spiro atoms. The molecule has 1 aromatic heterocycles. The van der Waals surface area contributed by atoms with E-state index >= 15 is 0 Å². The van der Waals surface area contributed by atoms with Crippen LogP contribution in [0.15, 0.2) is 12.4 Å². The van der Waals surface area contributed by atoms with Crippen molar-refractivity contribution in [3.63, 3.8) is 0 Å². The van der Waals surface area contributed by atoms with E-state index in [0.717, 1.165) is 5.69 Å². The molecule has 0 aliphatic rings. The lowest BCUT2D eigenvalue weighted by Gasteiger charge is -2.02. The van der Waals surface area contributed by atoms with E-state index in [4.69, 9.17) is 16.3 Å². The van der Waals surface area contributed by atoms with Crippen molar-refractivity contribution in [2.24, 2.45) is 0 Å². The fourth-order valence-corrected chi connectivity index (χ4v) is 0.965. The molecule has 1 rings (SSSR count). The summed E-state index contributed by atoms with van der Waals surface area (Å²) in [7, 11) is 1.57. The first kappa shape index (κ1) is 8.27. The first-order valence-corrected chi connectivity index (χ1v) is 3.81. The van der Waals surface area contributed by atoms with Gasteiger partial charge in [-0.15, -0.1) is 11.6 Å². The molecule has 0 saturated heterocycles. The third kappa shape index (κ3) is 2.05. The average Bonchev–Trinajstić information content (AvgIpc) is 2.06. The summed E-state index contributed by atoms with van der Waals surface area (Å²) in [6.45, 7) is 0. The Balaban J connectivity index is 2.83. The minimum atomic E-state index is 0.537. The van der Waals surface area contributed by atoms with Crippen LogP contribution in [0.1, 0.15) is 5.69 Å². The van der Waals surface area contributed by atoms with E-state index < -0.39 is 0 Å². The first-order valence-electron chi connectivity index (χ1n) is 3.28. The molecule has 0 N–H and O–H groups in total. The van der Waals surface area contributed by atoms with Crippen LogP contribution in [0.25, 0.3) is 0 Å². The molecule has 0 unspecified atom stereocenters. The van der Waals surface area contributed by atoms with Crippen molar-refractivity contribution < 1.29 is 4.74 Å². The molecule has 11 heavy (non-hydrogen) atoms. The molecule has 1 heterocycles. The molecule has 3 nitrogen and oxygen atoms in total. The number of aromatic nitrogens is 2. The van der Waals surface area contributed by atoms with Gasteiger partial charge in [0.15, 0.2) is 0 Å². The lowest BCUT2D eigenvalue weighted by Crippen LogP contribution is -1.98. The summed E-state index contributed by atoms with van der Waals surface area (Å²) >= 11 is 5.54. The van der Waals surface area contributed by atoms with Gasteiger partial charge in [-0.1, -0.05) is 0 Å². The lowest BCUT2D eigenvalue weighted by atomic mass is 10.3. The Morgan fingerprint density at radius 3 is 2.82 bits per heavy atom. The van der Waals surface area contributed by atoms with Crippen molar-refractivity contribution in [3.05, 3.63) is 18.1 Å². The Morgan fingerprint density at radius 2 is 2.18 bits per heavy atom. The van der Waals surface area contributed by atoms with Gasteiger partial charge in [0.2, 0.25) is 5.88 Å². The molecule has 0 aliphatic carbocycles. The second kappa shape index (κ2) is 4.13. The second-order valence-electron chi connectivity index (χ2n) is 1.95. The standard InChI is InChI=1S/C7H9ClN2O/c1-11-7-6(2-3-8)9-4-5-10-7/h4-5H,2-3H2,1H3. The fraction of sp³-hybridized carbons (Fsp3) is 0.429. The third-order valence-corrected chi connectivity index (χ3v) is 1.45. The Kier molecular flexibility index (Phi) is 3.11. The van der Waals surface area contributed by atoms with E-state index in [-0.39, 0.29) is 0 Å². The van der Waals surface area contributed by atoms with Gasteiger partial charge in [-0.05, 0) is 0 Å². The predicted molar refractivity (Wildman–Crippen MR) is 43.0 cm³/mol. The summed E-state index contributed by atoms with van der Waals surface area (Å²) in [4.78, 5) is 8.04. The molecular formula is C7H9ClN2O. The Morgan fingerprint density at radius 1 is 1.45 bits per heavy atom. The van der Waals surface area contributed by atoms with Crippen LogP contribution in [0.5, 0.6) is 5.88 Å². The summed E-state index contributed by atoms with van der Waals surface area (Å²) in [5, 5.41) is 0. The van der Waals surface area contributed by atoms with Gasteiger partial charge in [0, 0.05) is 24.7 Å². The van der Waals surface area contributed by atoms with Gasteiger partial charge in [-0.25, -0.2) is 4.98 Å². The van der Waals surface area contributed by atoms with E-state index in [1.165, 1.54) is 0 Å². The van der Waals surface area contributed by atoms with Crippen LogP contribution in [0.3, 0.4) is 0 Å². The van der Waals surface area contributed by atoms with Crippen LogP contribution < -0.4 is 4.74 Å². The normalized spacial score (nSPS) is 9.64. The van der Waals surface area contributed by atoms with Crippen molar-refractivity contribution in [3.8, 4) is 5.88 Å². The topological polar surface area (TPSA) is 35.0 Å². The molecule has 0 bridgehead atoms. The second-order valence-corrected chi connectivity index (χ2v) is 2.33. The van der Waals surface area contributed by atoms with Crippen LogP contribution in [0.2, 0.25) is 0 Å². The molecular weight excluding hydrogens is 164 g/mol. The highest BCUT2D eigenvalue weighted by atomic mass is 35.5. The van der Waals surface area contributed by atoms with Crippen molar-refractivity contribution in [1.29, 1.82) is 0 Å². The van der Waals surface area contributed by atoms with Crippen molar-refractivity contribution >= 4 is 11.6 Å². The number of hydrogen-bond acceptors (Lipinski definition) is 3. The maximum absolute atomic E-state index is 5.54. The molecule has 0 aromatic carbocycles. The van der Waals surface area contributed by atoms with E-state index in [1.54, 1.807) is 19.5 Å². The highest BCUT2D eigenvalue weighted by Gasteiger charge is 2.02. The molecule has 4 heteroatoms. The molecule has 0 atom stereocenters. The van der Waals surface area contributed by atoms with E-state index in [2.05, 4.69) is 9.97 Å². The molecule has 0 fully saturated rings. The minimum absolute atomic E-state index is 0.537. The smallest absolute Gasteiger partial charge is 0.235 e. The predicted octanol–water partition coefficient (Wildman–Crippen LogP) is 1.27. The van der Waals surface area contributed by atoms with Crippen LogP contribution in [0, 0.1) is 0 Å². The Hall–Kier alpha value is -0.830. The van der Waals surface area contributed by atoms with Gasteiger partial charge in [-0.2, -0.15) is 0 Å². The van der Waals surface area contributed by atoms with Gasteiger partial charge < -0.3 is 4.74 Å². The zero-order valence-corrected chi connectivity index (χ0v) is 7.01. The monoisotopic (exact) mass is 172 g/mol. The number of ether oxygens (including phenoxy) is 1. The molecule has 0 saturated carbocycles.